The van der Waals surface area contributed by atoms with E-state index in [0.29, 0.717) is 0 Å². The molecule has 1 heterocycles. The zero-order valence-corrected chi connectivity index (χ0v) is 10.4. The van der Waals surface area contributed by atoms with E-state index in [1.807, 2.05) is 6.07 Å². The number of nitrogens with zero attached hydrogens (tertiary/aromatic N) is 2. The molecule has 1 aromatic heterocycles. The quantitative estimate of drug-likeness (QED) is 0.481. The number of thioether (sulfide) groups is 1. The molecule has 0 spiro atoms. The molecule has 88 valence electrons. The summed E-state index contributed by atoms with van der Waals surface area (Å²) in [6, 6.07) is 10.5. The molecule has 0 aliphatic heterocycles. The van der Waals surface area contributed by atoms with Crippen LogP contribution < -0.4 is 5.32 Å². The van der Waals surface area contributed by atoms with Crippen molar-refractivity contribution in [3.8, 4) is 0 Å². The van der Waals surface area contributed by atoms with Crippen molar-refractivity contribution in [2.75, 3.05) is 12.4 Å². The first-order chi connectivity index (χ1) is 8.45. The molecule has 0 aliphatic rings. The fourth-order valence-corrected chi connectivity index (χ4v) is 2.10. The zero-order chi connectivity index (χ0) is 11.8. The maximum Gasteiger partial charge on any atom is 0.116 e. The van der Waals surface area contributed by atoms with Gasteiger partial charge in [0.25, 0.3) is 0 Å². The molecule has 0 atom stereocenters. The van der Waals surface area contributed by atoms with Gasteiger partial charge in [0, 0.05) is 18.3 Å². The summed E-state index contributed by atoms with van der Waals surface area (Å²) in [6.45, 7) is 0.983. The maximum atomic E-state index is 4.20. The molecule has 17 heavy (non-hydrogen) atoms. The van der Waals surface area contributed by atoms with E-state index in [0.717, 1.165) is 23.9 Å². The summed E-state index contributed by atoms with van der Waals surface area (Å²) < 4.78 is 0. The molecule has 3 nitrogen and oxygen atoms in total. The van der Waals surface area contributed by atoms with Crippen molar-refractivity contribution >= 4 is 11.8 Å². The van der Waals surface area contributed by atoms with Crippen molar-refractivity contribution < 1.29 is 0 Å². The smallest absolute Gasteiger partial charge is 0.116 e. The highest BCUT2D eigenvalue weighted by atomic mass is 32.2. The average Bonchev–Trinajstić information content (AvgIpc) is 2.41. The number of benzene rings is 1. The maximum absolute atomic E-state index is 4.20. The van der Waals surface area contributed by atoms with Crippen LogP contribution in [0.1, 0.15) is 5.56 Å². The molecule has 0 unspecified atom stereocenters. The van der Waals surface area contributed by atoms with Gasteiger partial charge in [-0.2, -0.15) is 0 Å². The molecule has 0 radical (unpaired) electrons. The largest absolute Gasteiger partial charge is 0.307 e. The van der Waals surface area contributed by atoms with Gasteiger partial charge in [-0.3, -0.25) is 4.98 Å². The third-order valence-corrected chi connectivity index (χ3v) is 3.15. The summed E-state index contributed by atoms with van der Waals surface area (Å²) in [5.74, 6) is 0.867. The van der Waals surface area contributed by atoms with Crippen LogP contribution in [0.3, 0.4) is 0 Å². The van der Waals surface area contributed by atoms with E-state index >= 15 is 0 Å². The highest BCUT2D eigenvalue weighted by molar-refractivity contribution is 7.99. The van der Waals surface area contributed by atoms with Crippen LogP contribution in [0, 0.1) is 0 Å². The standard InChI is InChI=1S/C13H15N3S/c1-2-4-12(5-3-1)6-7-15-11-17-13-10-14-8-9-16-13/h1-5,8-10,15H,6-7,11H2. The van der Waals surface area contributed by atoms with Gasteiger partial charge in [0.2, 0.25) is 0 Å². The molecule has 0 saturated carbocycles. The Morgan fingerprint density at radius 3 is 2.76 bits per heavy atom. The Hall–Kier alpha value is -1.39. The normalized spacial score (nSPS) is 10.4. The molecule has 2 aromatic rings. The Bertz CT molecular complexity index is 378. The Labute approximate surface area is 106 Å². The van der Waals surface area contributed by atoms with E-state index in [9.17, 15) is 0 Å². The van der Waals surface area contributed by atoms with Crippen LogP contribution in [0.4, 0.5) is 0 Å². The van der Waals surface area contributed by atoms with Crippen molar-refractivity contribution in [2.45, 2.75) is 11.4 Å². The summed E-state index contributed by atoms with van der Waals surface area (Å²) in [6.07, 6.45) is 6.24. The monoisotopic (exact) mass is 245 g/mol. The molecule has 1 aromatic carbocycles. The lowest BCUT2D eigenvalue weighted by Gasteiger charge is -2.04. The van der Waals surface area contributed by atoms with Gasteiger partial charge in [-0.25, -0.2) is 4.98 Å². The molecule has 0 amide bonds. The van der Waals surface area contributed by atoms with E-state index in [1.165, 1.54) is 5.56 Å². The van der Waals surface area contributed by atoms with Crippen LogP contribution in [-0.2, 0) is 6.42 Å². The van der Waals surface area contributed by atoms with Crippen molar-refractivity contribution in [3.63, 3.8) is 0 Å². The summed E-state index contributed by atoms with van der Waals surface area (Å²) in [5, 5.41) is 4.34. The van der Waals surface area contributed by atoms with Gasteiger partial charge in [0.15, 0.2) is 0 Å². The van der Waals surface area contributed by atoms with Crippen LogP contribution in [-0.4, -0.2) is 22.4 Å². The van der Waals surface area contributed by atoms with Crippen molar-refractivity contribution in [1.29, 1.82) is 0 Å². The van der Waals surface area contributed by atoms with Crippen molar-refractivity contribution in [2.24, 2.45) is 0 Å². The fourth-order valence-electron chi connectivity index (χ4n) is 1.43. The number of aromatic nitrogens is 2. The van der Waals surface area contributed by atoms with Crippen molar-refractivity contribution in [1.82, 2.24) is 15.3 Å². The van der Waals surface area contributed by atoms with Crippen LogP contribution in [0.15, 0.2) is 53.9 Å². The van der Waals surface area contributed by atoms with Crippen LogP contribution in [0.25, 0.3) is 0 Å². The highest BCUT2D eigenvalue weighted by Crippen LogP contribution is 2.10. The lowest BCUT2D eigenvalue weighted by molar-refractivity contribution is 0.773. The lowest BCUT2D eigenvalue weighted by Crippen LogP contribution is -2.16. The number of hydrogen-bond acceptors (Lipinski definition) is 4. The van der Waals surface area contributed by atoms with Crippen LogP contribution in [0.2, 0.25) is 0 Å². The number of hydrogen-bond donors (Lipinski definition) is 1. The predicted octanol–water partition coefficient (Wildman–Crippen LogP) is 2.36. The summed E-state index contributed by atoms with van der Waals surface area (Å²) in [5.41, 5.74) is 1.37. The molecule has 1 N–H and O–H groups in total. The molecule has 0 saturated heterocycles. The minimum atomic E-state index is 0.867. The Kier molecular flexibility index (Phi) is 5.00. The predicted molar refractivity (Wildman–Crippen MR) is 70.9 cm³/mol. The van der Waals surface area contributed by atoms with Gasteiger partial charge in [-0.15, -0.1) is 0 Å². The third kappa shape index (κ3) is 4.54. The molecule has 0 fully saturated rings. The van der Waals surface area contributed by atoms with E-state index in [4.69, 9.17) is 0 Å². The first-order valence-corrected chi connectivity index (χ1v) is 6.57. The van der Waals surface area contributed by atoms with Gasteiger partial charge in [-0.1, -0.05) is 42.1 Å². The van der Waals surface area contributed by atoms with E-state index < -0.39 is 0 Å². The molecule has 0 bridgehead atoms. The second-order valence-electron chi connectivity index (χ2n) is 3.57. The SMILES string of the molecule is c1ccc(CCNCSc2cnccn2)cc1. The minimum absolute atomic E-state index is 0.867. The molecule has 2 rings (SSSR count). The summed E-state index contributed by atoms with van der Waals surface area (Å²) in [4.78, 5) is 8.22. The van der Waals surface area contributed by atoms with Gasteiger partial charge >= 0.3 is 0 Å². The third-order valence-electron chi connectivity index (χ3n) is 2.29. The molecular weight excluding hydrogens is 230 g/mol. The summed E-state index contributed by atoms with van der Waals surface area (Å²) >= 11 is 1.67. The molecule has 0 aliphatic carbocycles. The van der Waals surface area contributed by atoms with Gasteiger partial charge in [-0.05, 0) is 18.5 Å². The molecular formula is C13H15N3S. The number of rotatable bonds is 6. The minimum Gasteiger partial charge on any atom is -0.307 e. The van der Waals surface area contributed by atoms with Gasteiger partial charge in [0.1, 0.15) is 5.03 Å². The van der Waals surface area contributed by atoms with Crippen molar-refractivity contribution in [3.05, 3.63) is 54.5 Å². The Morgan fingerprint density at radius 1 is 1.12 bits per heavy atom. The first-order valence-electron chi connectivity index (χ1n) is 5.58. The summed E-state index contributed by atoms with van der Waals surface area (Å²) in [7, 11) is 0. The Morgan fingerprint density at radius 2 is 2.00 bits per heavy atom. The van der Waals surface area contributed by atoms with Crippen LogP contribution >= 0.6 is 11.8 Å². The van der Waals surface area contributed by atoms with Gasteiger partial charge in [0.05, 0.1) is 6.20 Å². The van der Waals surface area contributed by atoms with E-state index in [-0.39, 0.29) is 0 Å². The fraction of sp³-hybridized carbons (Fsp3) is 0.231. The molecule has 4 heteroatoms. The average molecular weight is 245 g/mol. The van der Waals surface area contributed by atoms with Crippen LogP contribution in [0.5, 0.6) is 0 Å². The Balaban J connectivity index is 1.61. The first kappa shape index (κ1) is 12.1. The number of nitrogens with one attached hydrogen (secondary N) is 1. The van der Waals surface area contributed by atoms with Gasteiger partial charge < -0.3 is 5.32 Å². The topological polar surface area (TPSA) is 37.8 Å². The van der Waals surface area contributed by atoms with E-state index in [1.54, 1.807) is 30.4 Å². The second kappa shape index (κ2) is 7.04. The lowest BCUT2D eigenvalue weighted by atomic mass is 10.2. The van der Waals surface area contributed by atoms with E-state index in [2.05, 4.69) is 39.6 Å². The zero-order valence-electron chi connectivity index (χ0n) is 9.54. The second-order valence-corrected chi connectivity index (χ2v) is 4.56. The highest BCUT2D eigenvalue weighted by Gasteiger charge is 1.94.